The van der Waals surface area contributed by atoms with Crippen molar-refractivity contribution in [3.63, 3.8) is 0 Å². The summed E-state index contributed by atoms with van der Waals surface area (Å²) in [5, 5.41) is 4.54. The van der Waals surface area contributed by atoms with Crippen molar-refractivity contribution in [3.05, 3.63) is 56.6 Å². The quantitative estimate of drug-likeness (QED) is 0.743. The van der Waals surface area contributed by atoms with Crippen molar-refractivity contribution >= 4 is 0 Å². The average Bonchev–Trinajstić information content (AvgIpc) is 2.65. The fourth-order valence-corrected chi connectivity index (χ4v) is 3.32. The van der Waals surface area contributed by atoms with Crippen LogP contribution in [0.3, 0.4) is 0 Å². The van der Waals surface area contributed by atoms with Gasteiger partial charge >= 0.3 is 0 Å². The molecule has 28 heavy (non-hydrogen) atoms. The number of aromatic nitrogens is 4. The largest absolute Gasteiger partial charge is 0.302 e. The van der Waals surface area contributed by atoms with Crippen LogP contribution in [0, 0.1) is 0 Å². The number of rotatable bonds is 5. The molecule has 0 N–H and O–H groups in total. The maximum absolute atomic E-state index is 12.1. The van der Waals surface area contributed by atoms with Gasteiger partial charge in [0, 0.05) is 69.6 Å². The first-order valence-electron chi connectivity index (χ1n) is 9.77. The Morgan fingerprint density at radius 2 is 1.68 bits per heavy atom. The molecule has 0 radical (unpaired) electrons. The summed E-state index contributed by atoms with van der Waals surface area (Å²) in [5.74, 6) is 0. The Bertz CT molecular complexity index is 919. The highest BCUT2D eigenvalue weighted by Gasteiger charge is 2.19. The van der Waals surface area contributed by atoms with Gasteiger partial charge < -0.3 is 4.57 Å². The average molecular weight is 387 g/mol. The molecule has 0 aromatic carbocycles. The second kappa shape index (κ2) is 8.36. The zero-order valence-electron chi connectivity index (χ0n) is 17.3. The van der Waals surface area contributed by atoms with E-state index >= 15 is 0 Å². The predicted octanol–water partition coefficient (Wildman–Crippen LogP) is 0.452. The zero-order valence-corrected chi connectivity index (χ0v) is 17.3. The van der Waals surface area contributed by atoms with Crippen molar-refractivity contribution in [3.8, 4) is 0 Å². The molecule has 2 aromatic heterocycles. The fourth-order valence-electron chi connectivity index (χ4n) is 3.32. The van der Waals surface area contributed by atoms with Gasteiger partial charge in [0.1, 0.15) is 0 Å². The third-order valence-electron chi connectivity index (χ3n) is 5.19. The molecule has 1 aliphatic rings. The van der Waals surface area contributed by atoms with Crippen molar-refractivity contribution in [2.75, 3.05) is 32.7 Å². The number of aryl methyl sites for hydroxylation is 1. The molecular weight excluding hydrogens is 356 g/mol. The van der Waals surface area contributed by atoms with Crippen molar-refractivity contribution in [2.24, 2.45) is 7.05 Å². The molecule has 1 saturated heterocycles. The van der Waals surface area contributed by atoms with E-state index in [2.05, 4.69) is 40.7 Å². The summed E-state index contributed by atoms with van der Waals surface area (Å²) in [4.78, 5) is 33.0. The van der Waals surface area contributed by atoms with E-state index in [4.69, 9.17) is 0 Å². The molecule has 1 fully saturated rings. The fraction of sp³-hybridized carbons (Fsp3) is 0.600. The van der Waals surface area contributed by atoms with E-state index in [-0.39, 0.29) is 16.5 Å². The Hall–Kier alpha value is -2.32. The van der Waals surface area contributed by atoms with Crippen LogP contribution in [0.1, 0.15) is 32.0 Å². The number of nitrogens with zero attached hydrogens (tertiary/aromatic N) is 6. The highest BCUT2D eigenvalue weighted by Crippen LogP contribution is 2.18. The number of piperazine rings is 1. The molecule has 0 aliphatic carbocycles. The second-order valence-corrected chi connectivity index (χ2v) is 8.48. The Balaban J connectivity index is 1.53. The van der Waals surface area contributed by atoms with E-state index in [1.807, 2.05) is 6.07 Å². The van der Waals surface area contributed by atoms with Crippen molar-refractivity contribution in [2.45, 2.75) is 39.3 Å². The van der Waals surface area contributed by atoms with Crippen LogP contribution in [0.2, 0.25) is 0 Å². The van der Waals surface area contributed by atoms with Crippen molar-refractivity contribution < 1.29 is 0 Å². The topological polar surface area (TPSA) is 76.3 Å². The van der Waals surface area contributed by atoms with E-state index in [0.717, 1.165) is 44.0 Å². The summed E-state index contributed by atoms with van der Waals surface area (Å²) < 4.78 is 3.09. The van der Waals surface area contributed by atoms with Crippen LogP contribution in [-0.2, 0) is 25.6 Å². The maximum atomic E-state index is 12.1. The second-order valence-electron chi connectivity index (χ2n) is 8.48. The molecule has 0 unspecified atom stereocenters. The van der Waals surface area contributed by atoms with Crippen LogP contribution in [-0.4, -0.2) is 61.9 Å². The van der Waals surface area contributed by atoms with Crippen molar-refractivity contribution in [1.29, 1.82) is 0 Å². The first-order chi connectivity index (χ1) is 13.2. The maximum Gasteiger partial charge on any atom is 0.266 e. The lowest BCUT2D eigenvalue weighted by Gasteiger charge is -2.34. The lowest BCUT2D eigenvalue weighted by Crippen LogP contribution is -2.47. The van der Waals surface area contributed by atoms with Crippen molar-refractivity contribution in [1.82, 2.24) is 29.1 Å². The van der Waals surface area contributed by atoms with Crippen LogP contribution in [0.25, 0.3) is 0 Å². The van der Waals surface area contributed by atoms with Crippen LogP contribution < -0.4 is 11.1 Å². The highest BCUT2D eigenvalue weighted by atomic mass is 16.1. The number of hydrogen-bond acceptors (Lipinski definition) is 6. The lowest BCUT2D eigenvalue weighted by atomic mass is 9.92. The predicted molar refractivity (Wildman–Crippen MR) is 108 cm³/mol. The first-order valence-corrected chi connectivity index (χ1v) is 9.77. The third-order valence-corrected chi connectivity index (χ3v) is 5.19. The van der Waals surface area contributed by atoms with Crippen LogP contribution >= 0.6 is 0 Å². The molecule has 3 rings (SSSR count). The Labute approximate surface area is 165 Å². The summed E-state index contributed by atoms with van der Waals surface area (Å²) in [7, 11) is 1.72. The molecular formula is C20H30N6O2. The summed E-state index contributed by atoms with van der Waals surface area (Å²) >= 11 is 0. The smallest absolute Gasteiger partial charge is 0.266 e. The van der Waals surface area contributed by atoms with Gasteiger partial charge in [-0.1, -0.05) is 20.8 Å². The van der Waals surface area contributed by atoms with Gasteiger partial charge in [0.05, 0.1) is 18.6 Å². The molecule has 0 amide bonds. The Morgan fingerprint density at radius 3 is 2.36 bits per heavy atom. The van der Waals surface area contributed by atoms with Crippen LogP contribution in [0.5, 0.6) is 0 Å². The van der Waals surface area contributed by atoms with E-state index < -0.39 is 0 Å². The van der Waals surface area contributed by atoms with Gasteiger partial charge in [-0.2, -0.15) is 5.10 Å². The highest BCUT2D eigenvalue weighted by molar-refractivity contribution is 5.10. The van der Waals surface area contributed by atoms with E-state index in [9.17, 15) is 9.59 Å². The molecule has 2 aromatic rings. The van der Waals surface area contributed by atoms with Crippen LogP contribution in [0.4, 0.5) is 0 Å². The lowest BCUT2D eigenvalue weighted by molar-refractivity contribution is 0.122. The standard InChI is InChI=1S/C20H30N6O2/c1-20(2,3)17-5-6-18(27)26(22-17)12-11-24-7-9-25(10-8-24)14-16-13-21-15-23(4)19(16)28/h5-6,13,15H,7-12,14H2,1-4H3. The molecule has 152 valence electrons. The van der Waals surface area contributed by atoms with E-state index in [1.165, 1.54) is 10.9 Å². The Kier molecular flexibility index (Phi) is 6.10. The van der Waals surface area contributed by atoms with Gasteiger partial charge in [-0.25, -0.2) is 9.67 Å². The van der Waals surface area contributed by atoms with E-state index in [1.54, 1.807) is 24.0 Å². The van der Waals surface area contributed by atoms with Crippen LogP contribution in [0.15, 0.2) is 34.2 Å². The molecule has 0 saturated carbocycles. The summed E-state index contributed by atoms with van der Waals surface area (Å²) in [6, 6.07) is 3.43. The molecule has 0 spiro atoms. The van der Waals surface area contributed by atoms with Gasteiger partial charge in [0.15, 0.2) is 0 Å². The SMILES string of the molecule is Cn1cncc(CN2CCN(CCn3nc(C(C)(C)C)ccc3=O)CC2)c1=O. The zero-order chi connectivity index (χ0) is 20.3. The number of hydrogen-bond donors (Lipinski definition) is 0. The van der Waals surface area contributed by atoms with Gasteiger partial charge in [-0.05, 0) is 6.07 Å². The first kappa shape index (κ1) is 20.4. The van der Waals surface area contributed by atoms with Gasteiger partial charge in [-0.3, -0.25) is 19.4 Å². The monoisotopic (exact) mass is 386 g/mol. The molecule has 0 bridgehead atoms. The molecule has 0 atom stereocenters. The van der Waals surface area contributed by atoms with Gasteiger partial charge in [0.2, 0.25) is 0 Å². The minimum atomic E-state index is -0.0789. The van der Waals surface area contributed by atoms with Gasteiger partial charge in [0.25, 0.3) is 11.1 Å². The summed E-state index contributed by atoms with van der Waals surface area (Å²) in [6.07, 6.45) is 3.20. The summed E-state index contributed by atoms with van der Waals surface area (Å²) in [6.45, 7) is 11.9. The minimum Gasteiger partial charge on any atom is -0.302 e. The summed E-state index contributed by atoms with van der Waals surface area (Å²) in [5.41, 5.74) is 1.54. The third kappa shape index (κ3) is 4.94. The normalized spacial score (nSPS) is 16.4. The van der Waals surface area contributed by atoms with E-state index in [0.29, 0.717) is 13.1 Å². The Morgan fingerprint density at radius 1 is 1.00 bits per heavy atom. The molecule has 8 nitrogen and oxygen atoms in total. The van der Waals surface area contributed by atoms with Gasteiger partial charge in [-0.15, -0.1) is 0 Å². The molecule has 8 heteroatoms. The minimum absolute atomic E-state index is 0.0154. The molecule has 1 aliphatic heterocycles. The molecule has 3 heterocycles.